The number of carboxylic acid groups (broad SMARTS) is 1. The first-order chi connectivity index (χ1) is 6.83. The van der Waals surface area contributed by atoms with Gasteiger partial charge in [-0.15, -0.1) is 0 Å². The zero-order valence-corrected chi connectivity index (χ0v) is 9.73. The summed E-state index contributed by atoms with van der Waals surface area (Å²) in [4.78, 5) is 12.9. The molecule has 0 aromatic rings. The molecule has 0 amide bonds. The Kier molecular flexibility index (Phi) is 3.73. The third-order valence-electron chi connectivity index (χ3n) is 3.22. The van der Waals surface area contributed by atoms with Gasteiger partial charge in [0.2, 0.25) is 0 Å². The number of carboxylic acids is 1. The van der Waals surface area contributed by atoms with E-state index >= 15 is 0 Å². The van der Waals surface area contributed by atoms with E-state index in [0.29, 0.717) is 12.0 Å². The number of β-amino-alcohol motifs (C(OH)–C–C–N with tert-alkyl or cyclic N) is 1. The lowest BCUT2D eigenvalue weighted by Crippen LogP contribution is -2.52. The minimum absolute atomic E-state index is 0.216. The van der Waals surface area contributed by atoms with E-state index in [4.69, 9.17) is 5.11 Å². The molecule has 0 aromatic heterocycles. The molecule has 1 aliphatic rings. The predicted molar refractivity (Wildman–Crippen MR) is 57.7 cm³/mol. The Bertz CT molecular complexity index is 240. The van der Waals surface area contributed by atoms with Crippen molar-refractivity contribution >= 4 is 5.97 Å². The first-order valence-electron chi connectivity index (χ1n) is 5.52. The van der Waals surface area contributed by atoms with Crippen LogP contribution in [-0.2, 0) is 4.79 Å². The Morgan fingerprint density at radius 2 is 2.07 bits per heavy atom. The monoisotopic (exact) mass is 215 g/mol. The van der Waals surface area contributed by atoms with Crippen molar-refractivity contribution in [3.05, 3.63) is 0 Å². The second kappa shape index (κ2) is 4.49. The zero-order chi connectivity index (χ0) is 11.6. The molecule has 1 saturated heterocycles. The number of hydrogen-bond acceptors (Lipinski definition) is 3. The van der Waals surface area contributed by atoms with Crippen LogP contribution in [0.25, 0.3) is 0 Å². The molecule has 0 spiro atoms. The lowest BCUT2D eigenvalue weighted by atomic mass is 9.93. The summed E-state index contributed by atoms with van der Waals surface area (Å²) in [6.07, 6.45) is 2.27. The van der Waals surface area contributed by atoms with E-state index in [1.165, 1.54) is 13.3 Å². The fourth-order valence-electron chi connectivity index (χ4n) is 2.06. The molecule has 88 valence electrons. The number of rotatable bonds is 3. The number of likely N-dealkylation sites (tertiary alicyclic amines) is 1. The van der Waals surface area contributed by atoms with Gasteiger partial charge in [-0.2, -0.15) is 0 Å². The standard InChI is InChI=1S/C11H21NO3/c1-8-4-5-9(2)12(6-8)7-11(3,15)10(13)14/h8-9,15H,4-7H2,1-3H3,(H,13,14). The second-order valence-corrected chi connectivity index (χ2v) is 5.04. The third-order valence-corrected chi connectivity index (χ3v) is 3.22. The first-order valence-corrected chi connectivity index (χ1v) is 5.52. The molecule has 2 N–H and O–H groups in total. The summed E-state index contributed by atoms with van der Waals surface area (Å²) in [5, 5.41) is 18.6. The van der Waals surface area contributed by atoms with Crippen molar-refractivity contribution in [2.75, 3.05) is 13.1 Å². The van der Waals surface area contributed by atoms with E-state index in [9.17, 15) is 9.90 Å². The number of aliphatic hydroxyl groups is 1. The Hall–Kier alpha value is -0.610. The number of carbonyl (C=O) groups is 1. The largest absolute Gasteiger partial charge is 0.479 e. The van der Waals surface area contributed by atoms with Crippen LogP contribution in [0.3, 0.4) is 0 Å². The maximum Gasteiger partial charge on any atom is 0.336 e. The lowest BCUT2D eigenvalue weighted by molar-refractivity contribution is -0.159. The summed E-state index contributed by atoms with van der Waals surface area (Å²) in [6.45, 7) is 6.71. The Balaban J connectivity index is 2.59. The van der Waals surface area contributed by atoms with Crippen LogP contribution in [0.1, 0.15) is 33.6 Å². The van der Waals surface area contributed by atoms with Crippen molar-refractivity contribution in [1.29, 1.82) is 0 Å². The molecule has 4 heteroatoms. The van der Waals surface area contributed by atoms with E-state index in [1.54, 1.807) is 0 Å². The van der Waals surface area contributed by atoms with Crippen LogP contribution in [0.5, 0.6) is 0 Å². The van der Waals surface area contributed by atoms with Gasteiger partial charge < -0.3 is 10.2 Å². The van der Waals surface area contributed by atoms with Gasteiger partial charge in [0.15, 0.2) is 5.60 Å². The van der Waals surface area contributed by atoms with E-state index < -0.39 is 11.6 Å². The van der Waals surface area contributed by atoms with Crippen LogP contribution in [-0.4, -0.2) is 45.8 Å². The van der Waals surface area contributed by atoms with Gasteiger partial charge in [0, 0.05) is 19.1 Å². The zero-order valence-electron chi connectivity index (χ0n) is 9.73. The van der Waals surface area contributed by atoms with Crippen LogP contribution < -0.4 is 0 Å². The lowest BCUT2D eigenvalue weighted by Gasteiger charge is -2.39. The Labute approximate surface area is 90.9 Å². The summed E-state index contributed by atoms with van der Waals surface area (Å²) in [5.41, 5.74) is -1.63. The molecule has 1 fully saturated rings. The fourth-order valence-corrected chi connectivity index (χ4v) is 2.06. The van der Waals surface area contributed by atoms with Gasteiger partial charge in [-0.25, -0.2) is 4.79 Å². The summed E-state index contributed by atoms with van der Waals surface area (Å²) in [6, 6.07) is 0.368. The van der Waals surface area contributed by atoms with Gasteiger partial charge >= 0.3 is 5.97 Å². The van der Waals surface area contributed by atoms with Crippen molar-refractivity contribution in [3.8, 4) is 0 Å². The molecule has 1 aliphatic heterocycles. The smallest absolute Gasteiger partial charge is 0.336 e. The van der Waals surface area contributed by atoms with Gasteiger partial charge in [0.05, 0.1) is 0 Å². The molecule has 4 nitrogen and oxygen atoms in total. The summed E-state index contributed by atoms with van der Waals surface area (Å²) in [5.74, 6) is -0.557. The van der Waals surface area contributed by atoms with Crippen molar-refractivity contribution in [2.24, 2.45) is 5.92 Å². The van der Waals surface area contributed by atoms with Gasteiger partial charge in [-0.3, -0.25) is 4.90 Å². The normalized spacial score (nSPS) is 32.3. The number of piperidine rings is 1. The van der Waals surface area contributed by atoms with Crippen LogP contribution in [0.4, 0.5) is 0 Å². The maximum absolute atomic E-state index is 10.8. The Morgan fingerprint density at radius 1 is 1.47 bits per heavy atom. The van der Waals surface area contributed by atoms with Crippen LogP contribution in [0, 0.1) is 5.92 Å². The van der Waals surface area contributed by atoms with Gasteiger partial charge in [0.1, 0.15) is 0 Å². The molecule has 0 saturated carbocycles. The van der Waals surface area contributed by atoms with E-state index in [2.05, 4.69) is 18.7 Å². The molecule has 0 aliphatic carbocycles. The summed E-state index contributed by atoms with van der Waals surface area (Å²) in [7, 11) is 0. The van der Waals surface area contributed by atoms with Crippen LogP contribution in [0.15, 0.2) is 0 Å². The Morgan fingerprint density at radius 3 is 2.60 bits per heavy atom. The topological polar surface area (TPSA) is 60.8 Å². The van der Waals surface area contributed by atoms with E-state index in [0.717, 1.165) is 13.0 Å². The predicted octanol–water partition coefficient (Wildman–Crippen LogP) is 0.942. The van der Waals surface area contributed by atoms with Crippen molar-refractivity contribution in [2.45, 2.75) is 45.3 Å². The maximum atomic E-state index is 10.8. The highest BCUT2D eigenvalue weighted by Gasteiger charge is 2.35. The molecule has 3 atom stereocenters. The molecule has 0 bridgehead atoms. The van der Waals surface area contributed by atoms with Crippen LogP contribution >= 0.6 is 0 Å². The van der Waals surface area contributed by atoms with Gasteiger partial charge in [-0.1, -0.05) is 6.92 Å². The highest BCUT2D eigenvalue weighted by Crippen LogP contribution is 2.23. The van der Waals surface area contributed by atoms with E-state index in [-0.39, 0.29) is 6.54 Å². The molecule has 1 heterocycles. The first kappa shape index (κ1) is 12.5. The quantitative estimate of drug-likeness (QED) is 0.735. The highest BCUT2D eigenvalue weighted by atomic mass is 16.4. The molecular weight excluding hydrogens is 194 g/mol. The summed E-state index contributed by atoms with van der Waals surface area (Å²) >= 11 is 0. The van der Waals surface area contributed by atoms with Gasteiger partial charge in [-0.05, 0) is 32.6 Å². The van der Waals surface area contributed by atoms with Crippen LogP contribution in [0.2, 0.25) is 0 Å². The molecule has 3 unspecified atom stereocenters. The average molecular weight is 215 g/mol. The van der Waals surface area contributed by atoms with E-state index in [1.807, 2.05) is 0 Å². The second-order valence-electron chi connectivity index (χ2n) is 5.04. The minimum atomic E-state index is -1.63. The summed E-state index contributed by atoms with van der Waals surface area (Å²) < 4.78 is 0. The van der Waals surface area contributed by atoms with Crippen molar-refractivity contribution < 1.29 is 15.0 Å². The number of aliphatic carboxylic acids is 1. The SMILES string of the molecule is CC1CCC(C)N(CC(C)(O)C(=O)O)C1. The molecule has 0 aromatic carbocycles. The molecule has 0 radical (unpaired) electrons. The number of nitrogens with zero attached hydrogens (tertiary/aromatic N) is 1. The van der Waals surface area contributed by atoms with Crippen molar-refractivity contribution in [1.82, 2.24) is 4.90 Å². The van der Waals surface area contributed by atoms with Crippen molar-refractivity contribution in [3.63, 3.8) is 0 Å². The molecule has 1 rings (SSSR count). The number of hydrogen-bond donors (Lipinski definition) is 2. The molecule has 15 heavy (non-hydrogen) atoms. The molecular formula is C11H21NO3. The minimum Gasteiger partial charge on any atom is -0.479 e. The highest BCUT2D eigenvalue weighted by molar-refractivity contribution is 5.76. The third kappa shape index (κ3) is 3.18. The fraction of sp³-hybridized carbons (Fsp3) is 0.909. The van der Waals surface area contributed by atoms with Gasteiger partial charge in [0.25, 0.3) is 0 Å². The average Bonchev–Trinajstić information content (AvgIpc) is 2.10.